The van der Waals surface area contributed by atoms with Crippen LogP contribution in [0.15, 0.2) is 42.6 Å². The van der Waals surface area contributed by atoms with E-state index >= 15 is 0 Å². The molecule has 3 aliphatic heterocycles. The topological polar surface area (TPSA) is 244 Å². The van der Waals surface area contributed by atoms with Crippen molar-refractivity contribution < 1.29 is 52.7 Å². The third kappa shape index (κ3) is 15.4. The van der Waals surface area contributed by atoms with Crippen molar-refractivity contribution in [1.29, 1.82) is 0 Å². The molecule has 21 heteroatoms. The Kier molecular flexibility index (Phi) is 22.6. The summed E-state index contributed by atoms with van der Waals surface area (Å²) in [5.74, 6) is -3.85. The Morgan fingerprint density at radius 2 is 1.55 bits per heavy atom. The van der Waals surface area contributed by atoms with Gasteiger partial charge in [-0.25, -0.2) is 9.86 Å². The fourth-order valence-corrected chi connectivity index (χ4v) is 10.7. The number of hydrogen-bond acceptors (Lipinski definition) is 12. The minimum atomic E-state index is -0.924. The predicted octanol–water partition coefficient (Wildman–Crippen LogP) is 2.99. The number of benzene rings is 1. The Hall–Kier alpha value is -5.90. The van der Waals surface area contributed by atoms with Crippen molar-refractivity contribution in [3.8, 4) is 0 Å². The van der Waals surface area contributed by atoms with Gasteiger partial charge in [0.15, 0.2) is 0 Å². The number of aromatic amines is 1. The van der Waals surface area contributed by atoms with Crippen LogP contribution in [-0.2, 0) is 54.3 Å². The lowest BCUT2D eigenvalue weighted by molar-refractivity contribution is -0.199. The minimum Gasteiger partial charge on any atom is -0.379 e. The van der Waals surface area contributed by atoms with E-state index < -0.39 is 66.2 Å². The van der Waals surface area contributed by atoms with Crippen LogP contribution >= 0.6 is 0 Å². The monoisotopic (exact) mass is 1050 g/mol. The van der Waals surface area contributed by atoms with Crippen LogP contribution < -0.4 is 21.3 Å². The molecule has 9 atom stereocenters. The number of para-hydroxylation sites is 1. The zero-order valence-corrected chi connectivity index (χ0v) is 46.0. The zero-order chi connectivity index (χ0) is 55.1. The van der Waals surface area contributed by atoms with Crippen LogP contribution in [0.2, 0.25) is 0 Å². The highest BCUT2D eigenvalue weighted by Gasteiger charge is 2.44. The third-order valence-electron chi connectivity index (χ3n) is 15.1. The van der Waals surface area contributed by atoms with Gasteiger partial charge in [0.05, 0.1) is 49.3 Å². The van der Waals surface area contributed by atoms with Crippen LogP contribution in [-0.4, -0.2) is 194 Å². The van der Waals surface area contributed by atoms with E-state index in [1.54, 1.807) is 30.8 Å². The number of rotatable bonds is 27. The van der Waals surface area contributed by atoms with Crippen LogP contribution in [0.25, 0.3) is 10.9 Å². The normalized spacial score (nSPS) is 19.2. The molecule has 2 fully saturated rings. The highest BCUT2D eigenvalue weighted by Crippen LogP contribution is 2.30. The number of methoxy groups -OCH3 is 2. The number of carbonyl (C=O) groups is 8. The molecule has 4 heterocycles. The highest BCUT2D eigenvalue weighted by atomic mass is 16.7. The molecule has 3 aliphatic rings. The molecule has 1 aromatic carbocycles. The smallest absolute Gasteiger partial charge is 0.314 e. The maximum absolute atomic E-state index is 14.7. The summed E-state index contributed by atoms with van der Waals surface area (Å²) in [4.78, 5) is 123. The summed E-state index contributed by atoms with van der Waals surface area (Å²) < 4.78 is 12.2. The van der Waals surface area contributed by atoms with Crippen LogP contribution in [0.4, 0.5) is 4.79 Å². The largest absolute Gasteiger partial charge is 0.379 e. The molecule has 5 rings (SSSR count). The van der Waals surface area contributed by atoms with E-state index in [-0.39, 0.29) is 79.8 Å². The van der Waals surface area contributed by atoms with Gasteiger partial charge in [-0.15, -0.1) is 0 Å². The third-order valence-corrected chi connectivity index (χ3v) is 15.1. The molecule has 0 bridgehead atoms. The van der Waals surface area contributed by atoms with E-state index in [0.717, 1.165) is 34.2 Å². The number of nitrogens with zero attached hydrogens (tertiary/aromatic N) is 5. The molecule has 21 nitrogen and oxygen atoms in total. The summed E-state index contributed by atoms with van der Waals surface area (Å²) in [5, 5.41) is 13.8. The average Bonchev–Trinajstić information content (AvgIpc) is 4.13. The van der Waals surface area contributed by atoms with Crippen molar-refractivity contribution in [2.75, 3.05) is 74.2 Å². The first-order valence-electron chi connectivity index (χ1n) is 26.7. The van der Waals surface area contributed by atoms with Crippen molar-refractivity contribution >= 4 is 58.3 Å². The summed E-state index contributed by atoms with van der Waals surface area (Å²) in [7, 11) is 6.51. The molecule has 2 aromatic rings. The number of hydrogen-bond donors (Lipinski definition) is 5. The highest BCUT2D eigenvalue weighted by molar-refractivity contribution is 6.12. The van der Waals surface area contributed by atoms with E-state index in [2.05, 4.69) is 26.3 Å². The number of nitrogens with one attached hydrogen (secondary N) is 5. The number of aromatic nitrogens is 1. The fourth-order valence-electron chi connectivity index (χ4n) is 10.7. The molecule has 75 heavy (non-hydrogen) atoms. The second-order valence-electron chi connectivity index (χ2n) is 20.9. The van der Waals surface area contributed by atoms with Gasteiger partial charge >= 0.3 is 6.03 Å². The van der Waals surface area contributed by atoms with Crippen LogP contribution in [0.5, 0.6) is 0 Å². The van der Waals surface area contributed by atoms with Crippen LogP contribution in [0.3, 0.4) is 0 Å². The van der Waals surface area contributed by atoms with Gasteiger partial charge in [-0.3, -0.25) is 48.2 Å². The van der Waals surface area contributed by atoms with E-state index in [0.29, 0.717) is 45.5 Å². The maximum Gasteiger partial charge on any atom is 0.314 e. The van der Waals surface area contributed by atoms with Gasteiger partial charge in [-0.2, -0.15) is 0 Å². The first kappa shape index (κ1) is 60.0. The molecule has 0 aliphatic carbocycles. The number of H-pyrrole nitrogens is 1. The van der Waals surface area contributed by atoms with Gasteiger partial charge in [0, 0.05) is 96.2 Å². The number of urea groups is 1. The Labute approximate surface area is 442 Å². The van der Waals surface area contributed by atoms with Crippen molar-refractivity contribution in [2.24, 2.45) is 23.7 Å². The van der Waals surface area contributed by atoms with Crippen molar-refractivity contribution in [3.05, 3.63) is 48.2 Å². The van der Waals surface area contributed by atoms with Gasteiger partial charge < -0.3 is 45.5 Å². The summed E-state index contributed by atoms with van der Waals surface area (Å²) >= 11 is 0. The van der Waals surface area contributed by atoms with Crippen LogP contribution in [0.1, 0.15) is 92.6 Å². The molecule has 9 amide bonds. The van der Waals surface area contributed by atoms with Gasteiger partial charge in [-0.1, -0.05) is 73.1 Å². The quantitative estimate of drug-likeness (QED) is 0.0812. The van der Waals surface area contributed by atoms with Gasteiger partial charge in [0.1, 0.15) is 12.1 Å². The summed E-state index contributed by atoms with van der Waals surface area (Å²) in [5.41, 5.74) is 1.80. The van der Waals surface area contributed by atoms with E-state index in [1.165, 1.54) is 31.4 Å². The molecular formula is C54H84N10O11. The number of fused-ring (bicyclic) bond motifs is 1. The maximum atomic E-state index is 14.7. The second kappa shape index (κ2) is 28.3. The Balaban J connectivity index is 1.22. The number of amides is 9. The predicted molar refractivity (Wildman–Crippen MR) is 282 cm³/mol. The molecule has 0 radical (unpaired) electrons. The zero-order valence-electron chi connectivity index (χ0n) is 46.0. The fraction of sp³-hybridized carbons (Fsp3) is 0.667. The first-order valence-corrected chi connectivity index (χ1v) is 26.7. The van der Waals surface area contributed by atoms with E-state index in [4.69, 9.17) is 14.3 Å². The number of likely N-dealkylation sites (N-methyl/N-ethyl adjacent to an activating group) is 2. The molecular weight excluding hydrogens is 965 g/mol. The van der Waals surface area contributed by atoms with Crippen molar-refractivity contribution in [3.63, 3.8) is 0 Å². The van der Waals surface area contributed by atoms with Crippen molar-refractivity contribution in [2.45, 2.75) is 136 Å². The average molecular weight is 1050 g/mol. The first-order chi connectivity index (χ1) is 35.7. The molecule has 5 N–H and O–H groups in total. The molecule has 8 unspecified atom stereocenters. The molecule has 0 spiro atoms. The number of hydroxylamine groups is 2. The van der Waals surface area contributed by atoms with Gasteiger partial charge in [-0.05, 0) is 62.1 Å². The SMILES string of the molecule is CCC(C)C(C(CC(=O)N1CCC[C@H]1C(OC)C(C)C(=O)NC(Cc1c[nH]c2ccccc12)C(=O)N1CCCCO1)OC)N(C)C(=O)C(NC(=O)C(C(C)C)N(C)CCNC(=O)NCCN1C(=O)C=CC1=O)C(C)C. The lowest BCUT2D eigenvalue weighted by Crippen LogP contribution is -2.60. The van der Waals surface area contributed by atoms with Crippen molar-refractivity contribution in [1.82, 2.24) is 50.9 Å². The summed E-state index contributed by atoms with van der Waals surface area (Å²) in [6, 6.07) is 3.77. The van der Waals surface area contributed by atoms with Gasteiger partial charge in [0.2, 0.25) is 23.6 Å². The second-order valence-corrected chi connectivity index (χ2v) is 20.9. The number of carbonyl (C=O) groups excluding carboxylic acids is 8. The Bertz CT molecular complexity index is 2300. The summed E-state index contributed by atoms with van der Waals surface area (Å²) in [6.07, 6.45) is 6.52. The van der Waals surface area contributed by atoms with Crippen LogP contribution in [0, 0.1) is 23.7 Å². The minimum absolute atomic E-state index is 0.0370. The van der Waals surface area contributed by atoms with E-state index in [9.17, 15) is 38.4 Å². The molecule has 1 aromatic heterocycles. The molecule has 416 valence electrons. The summed E-state index contributed by atoms with van der Waals surface area (Å²) in [6.45, 7) is 15.2. The molecule has 0 saturated carbocycles. The molecule has 2 saturated heterocycles. The number of imide groups is 1. The Morgan fingerprint density at radius 3 is 2.17 bits per heavy atom. The lowest BCUT2D eigenvalue weighted by atomic mass is 9.89. The number of likely N-dealkylation sites (tertiary alicyclic amines) is 1. The lowest BCUT2D eigenvalue weighted by Gasteiger charge is -2.41. The Morgan fingerprint density at radius 1 is 0.853 bits per heavy atom. The number of ether oxygens (including phenoxy) is 2. The van der Waals surface area contributed by atoms with Gasteiger partial charge in [0.25, 0.3) is 17.7 Å². The standard InChI is InChI=1S/C54H84N10O11/c1-12-35(6)48(61(9)53(71)46(33(2)3)59-51(69)47(34(4)5)60(8)27-23-55-54(72)56-24-28-63-43(65)21-22-44(63)66)42(73-10)31-45(67)62-25-17-20-41(62)49(74-11)36(7)50(68)58-40(52(70)64-26-15-16-29-75-64)30-37-32-57-39-19-14-13-18-38(37)39/h13-14,18-19,21-22,32-36,40-42,46-49,57H,12,15-17,20,23-31H2,1-11H3,(H,58,68)(H,59,69)(H2,55,56,72)/t35?,36?,40?,41-,42?,46?,47?,48?,49?/m0/s1. The van der Waals surface area contributed by atoms with E-state index in [1.807, 2.05) is 76.9 Å².